The SMILES string of the molecule is O=C(O)[C@H](Cc1ccccc1)N1C(=O)/C(=C\c2ccc(-c3ccc([N+](=O)[O-])cc3)o2)SC1=S. The zero-order chi connectivity index (χ0) is 23.5. The van der Waals surface area contributed by atoms with Gasteiger partial charge in [0.25, 0.3) is 11.6 Å². The number of nitro benzene ring substituents is 1. The lowest BCUT2D eigenvalue weighted by atomic mass is 10.0. The Morgan fingerprint density at radius 1 is 1.15 bits per heavy atom. The molecule has 10 heteroatoms. The molecule has 0 saturated carbocycles. The van der Waals surface area contributed by atoms with Gasteiger partial charge in [-0.05, 0) is 29.8 Å². The monoisotopic (exact) mass is 480 g/mol. The van der Waals surface area contributed by atoms with Gasteiger partial charge in [-0.2, -0.15) is 0 Å². The lowest BCUT2D eigenvalue weighted by molar-refractivity contribution is -0.384. The van der Waals surface area contributed by atoms with E-state index >= 15 is 0 Å². The Balaban J connectivity index is 1.55. The summed E-state index contributed by atoms with van der Waals surface area (Å²) in [5.74, 6) is -0.797. The number of aliphatic carboxylic acids is 1. The van der Waals surface area contributed by atoms with Crippen molar-refractivity contribution in [2.24, 2.45) is 0 Å². The van der Waals surface area contributed by atoms with Crippen LogP contribution in [-0.4, -0.2) is 37.2 Å². The summed E-state index contributed by atoms with van der Waals surface area (Å²) in [7, 11) is 0. The summed E-state index contributed by atoms with van der Waals surface area (Å²) >= 11 is 6.33. The number of furan rings is 1. The van der Waals surface area contributed by atoms with E-state index in [0.29, 0.717) is 17.1 Å². The topological polar surface area (TPSA) is 114 Å². The molecular formula is C23H16N2O6S2. The highest BCUT2D eigenvalue weighted by atomic mass is 32.2. The van der Waals surface area contributed by atoms with Crippen LogP contribution < -0.4 is 0 Å². The van der Waals surface area contributed by atoms with Gasteiger partial charge in [-0.25, -0.2) is 4.79 Å². The highest BCUT2D eigenvalue weighted by Crippen LogP contribution is 2.35. The Kier molecular flexibility index (Phi) is 6.38. The molecule has 1 saturated heterocycles. The van der Waals surface area contributed by atoms with Gasteiger partial charge >= 0.3 is 5.97 Å². The summed E-state index contributed by atoms with van der Waals surface area (Å²) in [6.45, 7) is 0. The van der Waals surface area contributed by atoms with Gasteiger partial charge in [-0.15, -0.1) is 0 Å². The number of thiocarbonyl (C=S) groups is 1. The molecule has 0 radical (unpaired) electrons. The molecule has 4 rings (SSSR count). The first kappa shape index (κ1) is 22.4. The van der Waals surface area contributed by atoms with Crippen molar-refractivity contribution in [1.82, 2.24) is 4.90 Å². The number of hydrogen-bond acceptors (Lipinski definition) is 7. The molecule has 33 heavy (non-hydrogen) atoms. The molecular weight excluding hydrogens is 464 g/mol. The number of carbonyl (C=O) groups excluding carboxylic acids is 1. The second-order valence-electron chi connectivity index (χ2n) is 7.10. The van der Waals surface area contributed by atoms with Gasteiger partial charge in [0.15, 0.2) is 0 Å². The normalized spacial score (nSPS) is 15.8. The zero-order valence-electron chi connectivity index (χ0n) is 16.9. The first-order valence-electron chi connectivity index (χ1n) is 9.72. The van der Waals surface area contributed by atoms with Gasteiger partial charge in [-0.3, -0.25) is 19.8 Å². The number of nitrogens with zero attached hydrogens (tertiary/aromatic N) is 2. The molecule has 0 aliphatic carbocycles. The van der Waals surface area contributed by atoms with Gasteiger partial charge < -0.3 is 9.52 Å². The molecule has 1 atom stereocenters. The smallest absolute Gasteiger partial charge is 0.327 e. The third-order valence-corrected chi connectivity index (χ3v) is 6.29. The lowest BCUT2D eigenvalue weighted by Gasteiger charge is -2.23. The number of benzene rings is 2. The molecule has 3 aromatic rings. The Bertz CT molecular complexity index is 1270. The second-order valence-corrected chi connectivity index (χ2v) is 8.78. The van der Waals surface area contributed by atoms with Gasteiger partial charge in [0, 0.05) is 30.2 Å². The fourth-order valence-electron chi connectivity index (χ4n) is 3.34. The number of amides is 1. The van der Waals surface area contributed by atoms with E-state index in [1.807, 2.05) is 6.07 Å². The molecule has 1 amide bonds. The lowest BCUT2D eigenvalue weighted by Crippen LogP contribution is -2.45. The predicted molar refractivity (Wildman–Crippen MR) is 127 cm³/mol. The molecule has 1 N–H and O–H groups in total. The van der Waals surface area contributed by atoms with Crippen LogP contribution in [0.15, 0.2) is 76.1 Å². The first-order valence-corrected chi connectivity index (χ1v) is 10.9. The van der Waals surface area contributed by atoms with E-state index in [2.05, 4.69) is 0 Å². The number of non-ortho nitro benzene ring substituents is 1. The molecule has 2 aromatic carbocycles. The standard InChI is InChI=1S/C23H16N2O6S2/c26-21-20(13-17-10-11-19(31-17)15-6-8-16(9-7-15)25(29)30)33-23(32)24(21)18(22(27)28)12-14-4-2-1-3-5-14/h1-11,13,18H,12H2,(H,27,28)/b20-13+/t18-/m0/s1. The summed E-state index contributed by atoms with van der Waals surface area (Å²) in [6, 6.07) is 17.1. The summed E-state index contributed by atoms with van der Waals surface area (Å²) in [5, 5.41) is 20.6. The van der Waals surface area contributed by atoms with Gasteiger partial charge in [0.05, 0.1) is 9.83 Å². The first-order chi connectivity index (χ1) is 15.8. The van der Waals surface area contributed by atoms with Crippen LogP contribution in [0.1, 0.15) is 11.3 Å². The van der Waals surface area contributed by atoms with Gasteiger partial charge in [0.1, 0.15) is 21.9 Å². The largest absolute Gasteiger partial charge is 0.480 e. The average Bonchev–Trinajstić information content (AvgIpc) is 3.37. The fraction of sp³-hybridized carbons (Fsp3) is 0.0870. The summed E-state index contributed by atoms with van der Waals surface area (Å²) < 4.78 is 5.93. The molecule has 0 unspecified atom stereocenters. The Morgan fingerprint density at radius 2 is 1.85 bits per heavy atom. The number of carbonyl (C=O) groups is 2. The Hall–Kier alpha value is -3.76. The van der Waals surface area contributed by atoms with Crippen LogP contribution in [0.25, 0.3) is 17.4 Å². The highest BCUT2D eigenvalue weighted by Gasteiger charge is 2.40. The van der Waals surface area contributed by atoms with E-state index in [-0.39, 0.29) is 21.3 Å². The van der Waals surface area contributed by atoms with E-state index in [4.69, 9.17) is 16.6 Å². The van der Waals surface area contributed by atoms with Crippen molar-refractivity contribution in [1.29, 1.82) is 0 Å². The number of carboxylic acids is 1. The summed E-state index contributed by atoms with van der Waals surface area (Å²) in [4.78, 5) is 36.7. The van der Waals surface area contributed by atoms with Crippen molar-refractivity contribution >= 4 is 51.9 Å². The van der Waals surface area contributed by atoms with E-state index < -0.39 is 22.8 Å². The molecule has 0 spiro atoms. The third kappa shape index (κ3) is 4.86. The van der Waals surface area contributed by atoms with Crippen LogP contribution in [0.4, 0.5) is 5.69 Å². The predicted octanol–water partition coefficient (Wildman–Crippen LogP) is 4.75. The molecule has 1 aromatic heterocycles. The van der Waals surface area contributed by atoms with Gasteiger partial charge in [0.2, 0.25) is 0 Å². The van der Waals surface area contributed by atoms with E-state index in [1.165, 1.54) is 18.2 Å². The molecule has 166 valence electrons. The molecule has 0 bridgehead atoms. The molecule has 8 nitrogen and oxygen atoms in total. The Labute approximate surface area is 197 Å². The van der Waals surface area contributed by atoms with Crippen LogP contribution in [0.2, 0.25) is 0 Å². The maximum Gasteiger partial charge on any atom is 0.327 e. The van der Waals surface area contributed by atoms with Gasteiger partial charge in [-0.1, -0.05) is 54.3 Å². The zero-order valence-corrected chi connectivity index (χ0v) is 18.5. The minimum atomic E-state index is -1.14. The number of nitro groups is 1. The van der Waals surface area contributed by atoms with E-state index in [1.54, 1.807) is 48.5 Å². The summed E-state index contributed by atoms with van der Waals surface area (Å²) in [6.07, 6.45) is 1.64. The van der Waals surface area contributed by atoms with Crippen LogP contribution in [0.3, 0.4) is 0 Å². The Morgan fingerprint density at radius 3 is 2.48 bits per heavy atom. The molecule has 1 aliphatic rings. The number of thioether (sulfide) groups is 1. The maximum absolute atomic E-state index is 13.0. The maximum atomic E-state index is 13.0. The average molecular weight is 481 g/mol. The number of hydrogen-bond donors (Lipinski definition) is 1. The minimum absolute atomic E-state index is 0.0299. The van der Waals surface area contributed by atoms with Crippen molar-refractivity contribution in [2.75, 3.05) is 0 Å². The third-order valence-electron chi connectivity index (χ3n) is 4.95. The molecule has 2 heterocycles. The van der Waals surface area contributed by atoms with Crippen molar-refractivity contribution in [3.05, 3.63) is 93.1 Å². The molecule has 1 aliphatic heterocycles. The van der Waals surface area contributed by atoms with Crippen molar-refractivity contribution in [2.45, 2.75) is 12.5 Å². The second kappa shape index (κ2) is 9.39. The van der Waals surface area contributed by atoms with E-state index in [0.717, 1.165) is 22.2 Å². The summed E-state index contributed by atoms with van der Waals surface area (Å²) in [5.41, 5.74) is 1.39. The number of carboxylic acid groups (broad SMARTS) is 1. The minimum Gasteiger partial charge on any atom is -0.480 e. The van der Waals surface area contributed by atoms with Crippen molar-refractivity contribution in [3.8, 4) is 11.3 Å². The van der Waals surface area contributed by atoms with Crippen LogP contribution in [0.5, 0.6) is 0 Å². The van der Waals surface area contributed by atoms with E-state index in [9.17, 15) is 24.8 Å². The highest BCUT2D eigenvalue weighted by molar-refractivity contribution is 8.26. The quantitative estimate of drug-likeness (QED) is 0.223. The van der Waals surface area contributed by atoms with Crippen LogP contribution in [-0.2, 0) is 16.0 Å². The van der Waals surface area contributed by atoms with Crippen molar-refractivity contribution in [3.63, 3.8) is 0 Å². The van der Waals surface area contributed by atoms with Crippen LogP contribution in [0, 0.1) is 10.1 Å². The fourth-order valence-corrected chi connectivity index (χ4v) is 4.67. The number of rotatable bonds is 7. The molecule has 1 fully saturated rings. The van der Waals surface area contributed by atoms with Crippen molar-refractivity contribution < 1.29 is 24.0 Å². The van der Waals surface area contributed by atoms with Crippen LogP contribution >= 0.6 is 24.0 Å².